The molecule has 0 aliphatic carbocycles. The van der Waals surface area contributed by atoms with Gasteiger partial charge in [0.2, 0.25) is 6.10 Å². The first-order chi connectivity index (χ1) is 11.5. The first-order valence-electron chi connectivity index (χ1n) is 7.39. The Bertz CT molecular complexity index is 962. The number of anilines is 1. The van der Waals surface area contributed by atoms with E-state index in [1.165, 1.54) is 6.07 Å². The van der Waals surface area contributed by atoms with E-state index in [4.69, 9.17) is 9.47 Å². The Morgan fingerprint density at radius 2 is 2.00 bits per heavy atom. The Labute approximate surface area is 137 Å². The minimum atomic E-state index is -3.82. The molecule has 0 aromatic heterocycles. The Morgan fingerprint density at radius 3 is 2.71 bits per heavy atom. The molecule has 1 atom stereocenters. The molecule has 124 valence electrons. The van der Waals surface area contributed by atoms with Crippen molar-refractivity contribution in [3.8, 4) is 0 Å². The normalized spacial score (nSPS) is 21.1. The number of carbonyl (C=O) groups excluding carboxylic acids is 2. The van der Waals surface area contributed by atoms with Crippen LogP contribution in [0.15, 0.2) is 41.3 Å². The van der Waals surface area contributed by atoms with Gasteiger partial charge in [0.25, 0.3) is 10.0 Å². The molecule has 0 amide bonds. The van der Waals surface area contributed by atoms with Crippen LogP contribution >= 0.6 is 0 Å². The molecule has 1 unspecified atom stereocenters. The van der Waals surface area contributed by atoms with Crippen molar-refractivity contribution in [2.75, 3.05) is 17.5 Å². The number of rotatable bonds is 3. The standard InChI is InChI=1S/C16H13NO6S/c18-14(23-12-7-8-22-16(12)19)9-17-11-5-1-3-10-4-2-6-13(15(10)11)24(17,20)21/h1-6,12H,7-9H2. The van der Waals surface area contributed by atoms with Crippen molar-refractivity contribution < 1.29 is 27.5 Å². The number of ether oxygens (including phenoxy) is 2. The van der Waals surface area contributed by atoms with Gasteiger partial charge in [-0.05, 0) is 17.5 Å². The fourth-order valence-corrected chi connectivity index (χ4v) is 4.68. The molecule has 2 aliphatic rings. The van der Waals surface area contributed by atoms with Crippen molar-refractivity contribution in [2.24, 2.45) is 0 Å². The predicted octanol–water partition coefficient (Wildman–Crippen LogP) is 1.21. The Kier molecular flexibility index (Phi) is 3.24. The lowest BCUT2D eigenvalue weighted by atomic mass is 10.1. The summed E-state index contributed by atoms with van der Waals surface area (Å²) in [5.41, 5.74) is 0.439. The number of nitrogens with zero attached hydrogens (tertiary/aromatic N) is 1. The van der Waals surface area contributed by atoms with Crippen LogP contribution < -0.4 is 4.31 Å². The van der Waals surface area contributed by atoms with Gasteiger partial charge in [0.15, 0.2) is 0 Å². The Morgan fingerprint density at radius 1 is 1.25 bits per heavy atom. The van der Waals surface area contributed by atoms with Crippen LogP contribution in [-0.2, 0) is 29.1 Å². The van der Waals surface area contributed by atoms with Crippen molar-refractivity contribution in [1.29, 1.82) is 0 Å². The summed E-state index contributed by atoms with van der Waals surface area (Å²) >= 11 is 0. The van der Waals surface area contributed by atoms with Crippen LogP contribution in [0.5, 0.6) is 0 Å². The summed E-state index contributed by atoms with van der Waals surface area (Å²) < 4.78 is 36.3. The largest absolute Gasteiger partial charge is 0.463 e. The van der Waals surface area contributed by atoms with Gasteiger partial charge in [-0.25, -0.2) is 13.2 Å². The molecule has 2 heterocycles. The van der Waals surface area contributed by atoms with Crippen LogP contribution in [0.4, 0.5) is 5.69 Å². The van der Waals surface area contributed by atoms with Crippen molar-refractivity contribution in [2.45, 2.75) is 17.4 Å². The van der Waals surface area contributed by atoms with Gasteiger partial charge < -0.3 is 9.47 Å². The molecule has 1 saturated heterocycles. The van der Waals surface area contributed by atoms with E-state index in [0.717, 1.165) is 9.69 Å². The molecular formula is C16H13NO6S. The summed E-state index contributed by atoms with van der Waals surface area (Å²) in [6, 6.07) is 10.2. The summed E-state index contributed by atoms with van der Waals surface area (Å²) in [6.07, 6.45) is -0.673. The summed E-state index contributed by atoms with van der Waals surface area (Å²) in [5, 5.41) is 1.37. The van der Waals surface area contributed by atoms with Crippen molar-refractivity contribution in [1.82, 2.24) is 0 Å². The molecular weight excluding hydrogens is 334 g/mol. The van der Waals surface area contributed by atoms with Gasteiger partial charge >= 0.3 is 11.9 Å². The first kappa shape index (κ1) is 14.9. The summed E-state index contributed by atoms with van der Waals surface area (Å²) in [4.78, 5) is 23.7. The maximum absolute atomic E-state index is 12.7. The minimum absolute atomic E-state index is 0.170. The Hall–Kier alpha value is -2.61. The van der Waals surface area contributed by atoms with E-state index < -0.39 is 34.6 Å². The second-order valence-electron chi connectivity index (χ2n) is 5.58. The summed E-state index contributed by atoms with van der Waals surface area (Å²) in [6.45, 7) is -0.288. The Balaban J connectivity index is 1.66. The molecule has 0 radical (unpaired) electrons. The van der Waals surface area contributed by atoms with Gasteiger partial charge in [-0.2, -0.15) is 0 Å². The summed E-state index contributed by atoms with van der Waals surface area (Å²) in [7, 11) is -3.82. The SMILES string of the molecule is O=C(CN1c2cccc3cccc(c23)S1(=O)=O)OC1CCOC1=O. The number of carbonyl (C=O) groups is 2. The lowest BCUT2D eigenvalue weighted by Gasteiger charge is -2.18. The number of hydrogen-bond donors (Lipinski definition) is 0. The van der Waals surface area contributed by atoms with Crippen LogP contribution in [0, 0.1) is 0 Å². The zero-order valence-electron chi connectivity index (χ0n) is 12.5. The van der Waals surface area contributed by atoms with E-state index in [1.54, 1.807) is 18.2 Å². The van der Waals surface area contributed by atoms with Gasteiger partial charge in [0.1, 0.15) is 6.54 Å². The van der Waals surface area contributed by atoms with Crippen molar-refractivity contribution in [3.05, 3.63) is 36.4 Å². The molecule has 24 heavy (non-hydrogen) atoms. The summed E-state index contributed by atoms with van der Waals surface area (Å²) in [5.74, 6) is -1.38. The molecule has 7 nitrogen and oxygen atoms in total. The van der Waals surface area contributed by atoms with E-state index in [2.05, 4.69) is 0 Å². The quantitative estimate of drug-likeness (QED) is 0.775. The zero-order valence-corrected chi connectivity index (χ0v) is 13.3. The highest BCUT2D eigenvalue weighted by Crippen LogP contribution is 2.41. The topological polar surface area (TPSA) is 90.0 Å². The lowest BCUT2D eigenvalue weighted by Crippen LogP contribution is -2.36. The van der Waals surface area contributed by atoms with Gasteiger partial charge in [-0.15, -0.1) is 0 Å². The number of cyclic esters (lactones) is 1. The molecule has 4 rings (SSSR count). The highest BCUT2D eigenvalue weighted by Gasteiger charge is 2.38. The molecule has 2 aromatic rings. The highest BCUT2D eigenvalue weighted by atomic mass is 32.2. The third kappa shape index (κ3) is 2.14. The fourth-order valence-electron chi connectivity index (χ4n) is 3.03. The number of hydrogen-bond acceptors (Lipinski definition) is 6. The van der Waals surface area contributed by atoms with Crippen LogP contribution in [0.2, 0.25) is 0 Å². The first-order valence-corrected chi connectivity index (χ1v) is 8.83. The van der Waals surface area contributed by atoms with E-state index in [-0.39, 0.29) is 17.9 Å². The monoisotopic (exact) mass is 347 g/mol. The average Bonchev–Trinajstić information content (AvgIpc) is 3.04. The van der Waals surface area contributed by atoms with E-state index in [0.29, 0.717) is 11.1 Å². The third-order valence-electron chi connectivity index (χ3n) is 4.11. The van der Waals surface area contributed by atoms with Crippen molar-refractivity contribution >= 4 is 38.4 Å². The fraction of sp³-hybridized carbons (Fsp3) is 0.250. The molecule has 0 saturated carbocycles. The second-order valence-corrected chi connectivity index (χ2v) is 7.41. The van der Waals surface area contributed by atoms with E-state index in [1.807, 2.05) is 12.1 Å². The third-order valence-corrected chi connectivity index (χ3v) is 5.92. The molecule has 8 heteroatoms. The molecule has 0 spiro atoms. The number of esters is 2. The number of benzene rings is 2. The van der Waals surface area contributed by atoms with E-state index >= 15 is 0 Å². The number of sulfonamides is 1. The van der Waals surface area contributed by atoms with Crippen LogP contribution in [0.25, 0.3) is 10.8 Å². The van der Waals surface area contributed by atoms with Crippen LogP contribution in [0.1, 0.15) is 6.42 Å². The van der Waals surface area contributed by atoms with Gasteiger partial charge in [0.05, 0.1) is 17.2 Å². The zero-order chi connectivity index (χ0) is 16.9. The second kappa shape index (κ2) is 5.20. The van der Waals surface area contributed by atoms with Crippen LogP contribution in [0.3, 0.4) is 0 Å². The molecule has 0 bridgehead atoms. The van der Waals surface area contributed by atoms with Gasteiger partial charge in [-0.1, -0.05) is 24.3 Å². The molecule has 0 N–H and O–H groups in total. The molecule has 1 fully saturated rings. The minimum Gasteiger partial charge on any atom is -0.463 e. The van der Waals surface area contributed by atoms with Gasteiger partial charge in [0, 0.05) is 11.8 Å². The highest BCUT2D eigenvalue weighted by molar-refractivity contribution is 7.93. The average molecular weight is 347 g/mol. The maximum Gasteiger partial charge on any atom is 0.347 e. The smallest absolute Gasteiger partial charge is 0.347 e. The maximum atomic E-state index is 12.7. The van der Waals surface area contributed by atoms with Crippen LogP contribution in [-0.4, -0.2) is 39.6 Å². The van der Waals surface area contributed by atoms with Crippen molar-refractivity contribution in [3.63, 3.8) is 0 Å². The van der Waals surface area contributed by atoms with E-state index in [9.17, 15) is 18.0 Å². The predicted molar refractivity (Wildman–Crippen MR) is 83.9 cm³/mol. The van der Waals surface area contributed by atoms with Gasteiger partial charge in [-0.3, -0.25) is 9.10 Å². The molecule has 2 aromatic carbocycles. The lowest BCUT2D eigenvalue weighted by molar-refractivity contribution is -0.159. The molecule has 2 aliphatic heterocycles.